The number of amides is 2. The summed E-state index contributed by atoms with van der Waals surface area (Å²) in [6.45, 7) is 4.03. The number of sulfonamides is 1. The topological polar surface area (TPSA) is 95.6 Å². The van der Waals surface area contributed by atoms with Crippen LogP contribution in [-0.4, -0.2) is 51.2 Å². The molecule has 0 unspecified atom stereocenters. The molecule has 0 aliphatic rings. The summed E-state index contributed by atoms with van der Waals surface area (Å²) in [5.74, 6) is -0.805. The Balaban J connectivity index is 2.99. The maximum Gasteiger partial charge on any atom is 0.251 e. The Hall–Kier alpha value is -1.45. The number of benzene rings is 1. The van der Waals surface area contributed by atoms with E-state index in [4.69, 9.17) is 0 Å². The lowest BCUT2D eigenvalue weighted by Crippen LogP contribution is -2.45. The molecule has 0 saturated carbocycles. The molecule has 0 heterocycles. The van der Waals surface area contributed by atoms with E-state index in [9.17, 15) is 18.0 Å². The van der Waals surface area contributed by atoms with Crippen LogP contribution in [0.5, 0.6) is 0 Å². The lowest BCUT2D eigenvalue weighted by Gasteiger charge is -2.16. The highest BCUT2D eigenvalue weighted by Crippen LogP contribution is 2.25. The highest BCUT2D eigenvalue weighted by atomic mass is 79.9. The number of nitrogens with zero attached hydrogens (tertiary/aromatic N) is 1. The van der Waals surface area contributed by atoms with Gasteiger partial charge in [0.15, 0.2) is 0 Å². The maximum atomic E-state index is 12.3. The summed E-state index contributed by atoms with van der Waals surface area (Å²) < 4.78 is 26.0. The minimum absolute atomic E-state index is 0.0109. The highest BCUT2D eigenvalue weighted by molar-refractivity contribution is 9.10. The molecule has 0 bridgehead atoms. The molecule has 0 fully saturated rings. The van der Waals surface area contributed by atoms with E-state index in [2.05, 4.69) is 26.6 Å². The third-order valence-corrected chi connectivity index (χ3v) is 6.05. The standard InChI is InChI=1S/C15H22BrN3O4S/c1-5-8-17-14(20)10(2)18-15(21)11-6-7-12(16)13(9-11)24(22,23)19(3)4/h6-7,9-10H,5,8H2,1-4H3,(H,17,20)(H,18,21)/t10-/m1/s1. The molecule has 0 aromatic heterocycles. The lowest BCUT2D eigenvalue weighted by molar-refractivity contribution is -0.122. The molecule has 0 aliphatic carbocycles. The largest absolute Gasteiger partial charge is 0.354 e. The predicted octanol–water partition coefficient (Wildman–Crippen LogP) is 1.34. The van der Waals surface area contributed by atoms with Crippen molar-refractivity contribution in [2.24, 2.45) is 0 Å². The summed E-state index contributed by atoms with van der Waals surface area (Å²) >= 11 is 3.18. The summed E-state index contributed by atoms with van der Waals surface area (Å²) in [5, 5.41) is 5.24. The molecular weight excluding hydrogens is 398 g/mol. The van der Waals surface area contributed by atoms with Crippen molar-refractivity contribution in [1.82, 2.24) is 14.9 Å². The van der Waals surface area contributed by atoms with Gasteiger partial charge in [-0.1, -0.05) is 6.92 Å². The Morgan fingerprint density at radius 1 is 1.29 bits per heavy atom. The molecule has 2 amide bonds. The van der Waals surface area contributed by atoms with Gasteiger partial charge in [-0.05, 0) is 47.5 Å². The molecule has 0 saturated heterocycles. The van der Waals surface area contributed by atoms with E-state index in [0.29, 0.717) is 11.0 Å². The first-order valence-electron chi connectivity index (χ1n) is 7.42. The maximum absolute atomic E-state index is 12.3. The number of hydrogen-bond donors (Lipinski definition) is 2. The van der Waals surface area contributed by atoms with Crippen LogP contribution >= 0.6 is 15.9 Å². The van der Waals surface area contributed by atoms with Crippen LogP contribution in [0.4, 0.5) is 0 Å². The molecule has 0 spiro atoms. The summed E-state index contributed by atoms with van der Waals surface area (Å²) in [6, 6.07) is 3.55. The quantitative estimate of drug-likeness (QED) is 0.696. The number of nitrogens with one attached hydrogen (secondary N) is 2. The zero-order valence-electron chi connectivity index (χ0n) is 14.1. The summed E-state index contributed by atoms with van der Waals surface area (Å²) in [4.78, 5) is 24.1. The number of carbonyl (C=O) groups is 2. The molecule has 7 nitrogen and oxygen atoms in total. The molecule has 1 rings (SSSR count). The van der Waals surface area contributed by atoms with Crippen LogP contribution in [0.1, 0.15) is 30.6 Å². The molecule has 0 radical (unpaired) electrons. The van der Waals surface area contributed by atoms with Crippen molar-refractivity contribution in [2.75, 3.05) is 20.6 Å². The van der Waals surface area contributed by atoms with Crippen LogP contribution in [-0.2, 0) is 14.8 Å². The zero-order chi connectivity index (χ0) is 18.5. The minimum atomic E-state index is -3.69. The fourth-order valence-electron chi connectivity index (χ4n) is 1.79. The summed E-state index contributed by atoms with van der Waals surface area (Å²) in [6.07, 6.45) is 0.797. The number of rotatable bonds is 7. The van der Waals surface area contributed by atoms with Crippen LogP contribution < -0.4 is 10.6 Å². The second kappa shape index (κ2) is 8.59. The van der Waals surface area contributed by atoms with Crippen LogP contribution in [0.25, 0.3) is 0 Å². The average molecular weight is 420 g/mol. The van der Waals surface area contributed by atoms with Crippen molar-refractivity contribution in [2.45, 2.75) is 31.2 Å². The fraction of sp³-hybridized carbons (Fsp3) is 0.467. The monoisotopic (exact) mass is 419 g/mol. The molecular formula is C15H22BrN3O4S. The van der Waals surface area contributed by atoms with Crippen molar-refractivity contribution in [3.8, 4) is 0 Å². The van der Waals surface area contributed by atoms with Gasteiger partial charge in [0.25, 0.3) is 5.91 Å². The molecule has 1 aromatic carbocycles. The van der Waals surface area contributed by atoms with Gasteiger partial charge >= 0.3 is 0 Å². The van der Waals surface area contributed by atoms with Crippen molar-refractivity contribution in [1.29, 1.82) is 0 Å². The van der Waals surface area contributed by atoms with E-state index < -0.39 is 22.0 Å². The molecule has 0 aliphatic heterocycles. The van der Waals surface area contributed by atoms with Gasteiger partial charge in [0.05, 0.1) is 4.90 Å². The molecule has 134 valence electrons. The van der Waals surface area contributed by atoms with Crippen LogP contribution in [0.15, 0.2) is 27.6 Å². The lowest BCUT2D eigenvalue weighted by atomic mass is 10.2. The van der Waals surface area contributed by atoms with Crippen molar-refractivity contribution < 1.29 is 18.0 Å². The minimum Gasteiger partial charge on any atom is -0.354 e. The summed E-state index contributed by atoms with van der Waals surface area (Å²) in [7, 11) is -0.870. The van der Waals surface area contributed by atoms with Gasteiger partial charge < -0.3 is 10.6 Å². The van der Waals surface area contributed by atoms with Crippen molar-refractivity contribution in [3.05, 3.63) is 28.2 Å². The third kappa shape index (κ3) is 5.02. The van der Waals surface area contributed by atoms with Gasteiger partial charge in [-0.25, -0.2) is 12.7 Å². The van der Waals surface area contributed by atoms with Crippen LogP contribution in [0.2, 0.25) is 0 Å². The van der Waals surface area contributed by atoms with E-state index in [1.54, 1.807) is 6.92 Å². The highest BCUT2D eigenvalue weighted by Gasteiger charge is 2.23. The molecule has 2 N–H and O–H groups in total. The van der Waals surface area contributed by atoms with E-state index in [-0.39, 0.29) is 16.4 Å². The molecule has 24 heavy (non-hydrogen) atoms. The first kappa shape index (κ1) is 20.6. The Bertz CT molecular complexity index is 719. The van der Waals surface area contributed by atoms with E-state index in [1.165, 1.54) is 32.3 Å². The number of halogens is 1. The van der Waals surface area contributed by atoms with Gasteiger partial charge in [-0.2, -0.15) is 0 Å². The van der Waals surface area contributed by atoms with Crippen molar-refractivity contribution in [3.63, 3.8) is 0 Å². The Kier molecular flexibility index (Phi) is 7.37. The number of carbonyl (C=O) groups excluding carboxylic acids is 2. The van der Waals surface area contributed by atoms with Crippen molar-refractivity contribution >= 4 is 37.8 Å². The van der Waals surface area contributed by atoms with E-state index >= 15 is 0 Å². The molecule has 9 heteroatoms. The normalized spacial score (nSPS) is 12.8. The van der Waals surface area contributed by atoms with Gasteiger partial charge in [0.1, 0.15) is 6.04 Å². The summed E-state index contributed by atoms with van der Waals surface area (Å²) in [5.41, 5.74) is 0.161. The Morgan fingerprint density at radius 2 is 1.92 bits per heavy atom. The van der Waals surface area contributed by atoms with Crippen LogP contribution in [0, 0.1) is 0 Å². The van der Waals surface area contributed by atoms with Gasteiger partial charge in [-0.15, -0.1) is 0 Å². The van der Waals surface area contributed by atoms with Crippen LogP contribution in [0.3, 0.4) is 0 Å². The predicted molar refractivity (Wildman–Crippen MR) is 95.2 cm³/mol. The number of hydrogen-bond acceptors (Lipinski definition) is 4. The van der Waals surface area contributed by atoms with Gasteiger partial charge in [0, 0.05) is 30.7 Å². The zero-order valence-corrected chi connectivity index (χ0v) is 16.5. The van der Waals surface area contributed by atoms with Gasteiger partial charge in [-0.3, -0.25) is 9.59 Å². The average Bonchev–Trinajstić information content (AvgIpc) is 2.52. The third-order valence-electron chi connectivity index (χ3n) is 3.24. The molecule has 1 aromatic rings. The Morgan fingerprint density at radius 3 is 2.46 bits per heavy atom. The smallest absolute Gasteiger partial charge is 0.251 e. The second-order valence-corrected chi connectivity index (χ2v) is 8.39. The second-order valence-electron chi connectivity index (χ2n) is 5.42. The Labute approximate surface area is 151 Å². The molecule has 1 atom stereocenters. The first-order chi connectivity index (χ1) is 11.1. The first-order valence-corrected chi connectivity index (χ1v) is 9.65. The van der Waals surface area contributed by atoms with Gasteiger partial charge in [0.2, 0.25) is 15.9 Å². The van der Waals surface area contributed by atoms with E-state index in [1.807, 2.05) is 6.92 Å². The SMILES string of the molecule is CCCNC(=O)[C@@H](C)NC(=O)c1ccc(Br)c(S(=O)(=O)N(C)C)c1. The fourth-order valence-corrected chi connectivity index (χ4v) is 3.63. The van der Waals surface area contributed by atoms with E-state index in [0.717, 1.165) is 10.7 Å².